The molecule has 1 saturated carbocycles. The average Bonchev–Trinajstić information content (AvgIpc) is 3.45. The topological polar surface area (TPSA) is 159 Å². The van der Waals surface area contributed by atoms with Crippen molar-refractivity contribution in [3.05, 3.63) is 96.0 Å². The third kappa shape index (κ3) is 149. The second-order valence-corrected chi connectivity index (χ2v) is 3.25. The number of benzene rings is 1. The molecule has 0 atom stereocenters. The normalized spacial score (nSPS) is 6.32. The summed E-state index contributed by atoms with van der Waals surface area (Å²) in [7, 11) is 0. The molecule has 0 bridgehead atoms. The van der Waals surface area contributed by atoms with Crippen molar-refractivity contribution in [2.75, 3.05) is 0 Å². The van der Waals surface area contributed by atoms with Crippen molar-refractivity contribution in [3.8, 4) is 0 Å². The van der Waals surface area contributed by atoms with Crippen molar-refractivity contribution in [1.29, 1.82) is 0 Å². The molecular weight excluding hydrogens is 625 g/mol. The maximum atomic E-state index is 7.50. The van der Waals surface area contributed by atoms with Gasteiger partial charge in [-0.25, -0.2) is 0 Å². The molecule has 8 nitrogen and oxygen atoms in total. The molecule has 11 heteroatoms. The molecule has 0 saturated heterocycles. The number of hydrogen-bond donors (Lipinski definition) is 0. The van der Waals surface area contributed by atoms with E-state index in [1.165, 1.54) is 32.1 Å². The monoisotopic (exact) mass is 645 g/mol. The van der Waals surface area contributed by atoms with Crippen LogP contribution in [0.2, 0.25) is 0 Å². The maximum absolute atomic E-state index is 7.50. The van der Waals surface area contributed by atoms with E-state index in [0.29, 0.717) is 0 Å². The molecule has 0 N–H and O–H groups in total. The standard InChI is InChI=1S/C7H7.C5H10.8CO.Mn.2Ru.H/c1-7-5-3-2-4-6-7;1-2-4-5-3-1;8*1-2;;;;/h2-6H,1H2;1-5H2;;;;;;;;;;;;/q+1;;;;;;;;;;+1;;;. The van der Waals surface area contributed by atoms with E-state index < -0.39 is 0 Å². The molecule has 0 aliphatic heterocycles. The number of rotatable bonds is 0. The van der Waals surface area contributed by atoms with Gasteiger partial charge in [0.15, 0.2) is 0 Å². The summed E-state index contributed by atoms with van der Waals surface area (Å²) in [5, 5.41) is 0. The van der Waals surface area contributed by atoms with Crippen LogP contribution >= 0.6 is 0 Å². The second-order valence-electron chi connectivity index (χ2n) is 3.25. The van der Waals surface area contributed by atoms with E-state index in [4.69, 9.17) is 37.2 Å². The van der Waals surface area contributed by atoms with Gasteiger partial charge in [-0.2, -0.15) is 0 Å². The Labute approximate surface area is 220 Å². The van der Waals surface area contributed by atoms with Crippen LogP contribution in [0.5, 0.6) is 0 Å². The summed E-state index contributed by atoms with van der Waals surface area (Å²) in [6, 6.07) is 9.87. The van der Waals surface area contributed by atoms with Gasteiger partial charge in [-0.1, -0.05) is 32.1 Å². The smallest absolute Gasteiger partial charge is 0 e. The van der Waals surface area contributed by atoms with Gasteiger partial charge < -0.3 is 0 Å². The zero-order valence-electron chi connectivity index (χ0n) is 16.0. The first kappa shape index (κ1) is 69.9. The van der Waals surface area contributed by atoms with E-state index in [-0.39, 0.29) is 56.0 Å². The Bertz CT molecular complexity index is 424. The molecule has 0 heterocycles. The molecule has 0 spiro atoms. The van der Waals surface area contributed by atoms with Crippen LogP contribution in [0.3, 0.4) is 0 Å². The summed E-state index contributed by atoms with van der Waals surface area (Å²) < 4.78 is 60.0. The van der Waals surface area contributed by atoms with Crippen LogP contribution in [0.15, 0.2) is 30.3 Å². The van der Waals surface area contributed by atoms with Crippen LogP contribution < -0.4 is 0 Å². The zero-order valence-corrected chi connectivity index (χ0v) is 20.8. The minimum Gasteiger partial charge on any atom is 0 e. The van der Waals surface area contributed by atoms with E-state index in [0.717, 1.165) is 5.56 Å². The molecule has 1 aromatic carbocycles. The van der Waals surface area contributed by atoms with Gasteiger partial charge in [-0.05, 0) is 18.2 Å². The van der Waals surface area contributed by atoms with Gasteiger partial charge in [0.1, 0.15) is 5.56 Å². The average molecular weight is 643 g/mol. The van der Waals surface area contributed by atoms with Crippen LogP contribution in [-0.4, -0.2) is 0 Å². The van der Waals surface area contributed by atoms with Crippen LogP contribution in [0.4, 0.5) is 0 Å². The van der Waals surface area contributed by atoms with Crippen LogP contribution in [0, 0.1) is 60.1 Å². The van der Waals surface area contributed by atoms with Crippen molar-refractivity contribution in [2.24, 2.45) is 0 Å². The van der Waals surface area contributed by atoms with Crippen LogP contribution in [0.1, 0.15) is 37.7 Å². The molecule has 0 amide bonds. The minimum atomic E-state index is 0. The zero-order chi connectivity index (χ0) is 24.6. The largest absolute Gasteiger partial charge is 0 e. The fourth-order valence-corrected chi connectivity index (χ4v) is 1.36. The van der Waals surface area contributed by atoms with Gasteiger partial charge in [0.25, 0.3) is 0 Å². The Balaban J connectivity index is -0.0000000169. The van der Waals surface area contributed by atoms with Crippen molar-refractivity contribution < 1.29 is 93.2 Å². The Morgan fingerprint density at radius 3 is 0.710 bits per heavy atom. The fraction of sp³-hybridized carbons (Fsp3) is 0.250. The predicted molar refractivity (Wildman–Crippen MR) is 86.8 cm³/mol. The van der Waals surface area contributed by atoms with E-state index in [9.17, 15) is 0 Å². The molecule has 0 unspecified atom stereocenters. The van der Waals surface area contributed by atoms with Crippen molar-refractivity contribution in [1.82, 2.24) is 0 Å². The molecule has 167 valence electrons. The van der Waals surface area contributed by atoms with Gasteiger partial charge in [0.05, 0.1) is 0 Å². The van der Waals surface area contributed by atoms with E-state index in [1.807, 2.05) is 30.3 Å². The van der Waals surface area contributed by atoms with Crippen LogP contribution in [-0.2, 0) is 93.2 Å². The third-order valence-electron chi connectivity index (χ3n) is 2.09. The van der Waals surface area contributed by atoms with E-state index >= 15 is 0 Å². The Morgan fingerprint density at radius 1 is 0.452 bits per heavy atom. The summed E-state index contributed by atoms with van der Waals surface area (Å²) in [4.78, 5) is 0. The first-order valence-electron chi connectivity index (χ1n) is 6.40. The summed E-state index contributed by atoms with van der Waals surface area (Å²) >= 11 is 0. The Kier molecular flexibility index (Phi) is 361. The molecule has 1 fully saturated rings. The first-order valence-corrected chi connectivity index (χ1v) is 6.40. The van der Waals surface area contributed by atoms with Gasteiger partial charge in [0.2, 0.25) is 0 Å². The van der Waals surface area contributed by atoms with Gasteiger partial charge in [-0.3, -0.25) is 0 Å². The summed E-state index contributed by atoms with van der Waals surface area (Å²) in [5.74, 6) is 0. The first-order chi connectivity index (χ1) is 13.9. The van der Waals surface area contributed by atoms with E-state index in [1.54, 1.807) is 0 Å². The SMILES string of the molecule is C1CCCC1.[C-]#[O+].[C-]#[O+].[C-]#[O+].[C-]#[O+].[C-]#[O+].[C-]#[O+].[C-]#[O+].[C-]#[O+].[CH2+]c1ccccc1.[MnH+].[Ru].[Ru]. The molecule has 0 aromatic heterocycles. The Morgan fingerprint density at radius 2 is 0.613 bits per heavy atom. The van der Waals surface area contributed by atoms with E-state index in [2.05, 4.69) is 60.1 Å². The number of hydrogen-bond acceptors (Lipinski definition) is 0. The summed E-state index contributed by atoms with van der Waals surface area (Å²) in [6.07, 6.45) is 7.50. The second kappa shape index (κ2) is 160. The molecule has 1 aliphatic carbocycles. The summed E-state index contributed by atoms with van der Waals surface area (Å²) in [6.45, 7) is 39.7. The third-order valence-corrected chi connectivity index (χ3v) is 2.09. The quantitative estimate of drug-likeness (QED) is 0.231. The van der Waals surface area contributed by atoms with Crippen LogP contribution in [0.25, 0.3) is 0 Å². The minimum absolute atomic E-state index is 0. The van der Waals surface area contributed by atoms with Gasteiger partial charge in [-0.15, -0.1) is 0 Å². The van der Waals surface area contributed by atoms with Crippen molar-refractivity contribution >= 4 is 0 Å². The van der Waals surface area contributed by atoms with Gasteiger partial charge in [0, 0.05) is 58.0 Å². The molecule has 2 rings (SSSR count). The molecule has 0 radical (unpaired) electrons. The molecule has 31 heavy (non-hydrogen) atoms. The molecule has 1 aliphatic rings. The fourth-order valence-electron chi connectivity index (χ4n) is 1.36. The van der Waals surface area contributed by atoms with Crippen molar-refractivity contribution in [2.45, 2.75) is 32.1 Å². The van der Waals surface area contributed by atoms with Gasteiger partial charge >= 0.3 is 107 Å². The predicted octanol–water partition coefficient (Wildman–Crippen LogP) is 3.24. The Hall–Kier alpha value is -1.22. The molecule has 1 aromatic rings. The maximum Gasteiger partial charge on any atom is 0 e. The summed E-state index contributed by atoms with van der Waals surface area (Å²) in [5.41, 5.74) is 1.07. The molecular formula is C20H18MnO8Ru2+2. The van der Waals surface area contributed by atoms with Crippen molar-refractivity contribution in [3.63, 3.8) is 0 Å².